The number of likely N-dealkylation sites (N-methyl/N-ethyl adjacent to an activating group) is 1. The van der Waals surface area contributed by atoms with Gasteiger partial charge in [0, 0.05) is 38.6 Å². The molecule has 0 saturated carbocycles. The highest BCUT2D eigenvalue weighted by Crippen LogP contribution is 2.23. The zero-order chi connectivity index (χ0) is 21.5. The predicted octanol–water partition coefficient (Wildman–Crippen LogP) is 2.49. The fraction of sp³-hybridized carbons (Fsp3) is 0.500. The second kappa shape index (κ2) is 7.75. The molecule has 1 atom stereocenters. The number of carbonyl (C=O) groups excluding carboxylic acids is 2. The lowest BCUT2D eigenvalue weighted by molar-refractivity contribution is -0.157. The number of benzene rings is 1. The fourth-order valence-corrected chi connectivity index (χ4v) is 3.80. The minimum Gasteiger partial charge on any atom is -0.459 e. The maximum absolute atomic E-state index is 12.4. The second-order valence-corrected chi connectivity index (χ2v) is 8.92. The molecule has 8 heteroatoms. The van der Waals surface area contributed by atoms with Crippen LogP contribution < -0.4 is 10.2 Å². The molecule has 1 aromatic heterocycles. The molecule has 30 heavy (non-hydrogen) atoms. The van der Waals surface area contributed by atoms with E-state index in [0.717, 1.165) is 35.6 Å². The normalized spacial score (nSPS) is 19.6. The maximum atomic E-state index is 12.4. The van der Waals surface area contributed by atoms with Gasteiger partial charge in [0.25, 0.3) is 0 Å². The van der Waals surface area contributed by atoms with E-state index in [-0.39, 0.29) is 18.0 Å². The summed E-state index contributed by atoms with van der Waals surface area (Å²) >= 11 is 0. The number of hydrogen-bond acceptors (Lipinski definition) is 5. The van der Waals surface area contributed by atoms with Crippen LogP contribution >= 0.6 is 0 Å². The summed E-state index contributed by atoms with van der Waals surface area (Å²) < 4.78 is 7.37. The van der Waals surface area contributed by atoms with Gasteiger partial charge >= 0.3 is 12.0 Å². The van der Waals surface area contributed by atoms with E-state index in [1.807, 2.05) is 63.0 Å². The largest absolute Gasteiger partial charge is 0.459 e. The third-order valence-corrected chi connectivity index (χ3v) is 5.43. The number of carbonyl (C=O) groups is 2. The van der Waals surface area contributed by atoms with Crippen molar-refractivity contribution in [3.05, 3.63) is 41.7 Å². The van der Waals surface area contributed by atoms with Crippen molar-refractivity contribution in [1.82, 2.24) is 20.0 Å². The standard InChI is InChI=1S/C22H29N5O3/c1-22(2,3)30-20(28)18-10-5-15-14-27(24-19(15)13-23-18)17-8-6-16(7-9-17)26-12-11-25(4)21(26)29/h6-9,14,18,23H,5,10-13H2,1-4H3. The van der Waals surface area contributed by atoms with E-state index in [1.54, 1.807) is 9.80 Å². The molecule has 2 amide bonds. The van der Waals surface area contributed by atoms with Crippen LogP contribution in [0.3, 0.4) is 0 Å². The predicted molar refractivity (Wildman–Crippen MR) is 114 cm³/mol. The number of hydrogen-bond donors (Lipinski definition) is 1. The monoisotopic (exact) mass is 411 g/mol. The van der Waals surface area contributed by atoms with Crippen molar-refractivity contribution in [2.75, 3.05) is 25.0 Å². The van der Waals surface area contributed by atoms with Crippen molar-refractivity contribution >= 4 is 17.7 Å². The summed E-state index contributed by atoms with van der Waals surface area (Å²) in [6, 6.07) is 7.57. The molecule has 2 aromatic rings. The minimum atomic E-state index is -0.490. The highest BCUT2D eigenvalue weighted by Gasteiger charge is 2.28. The molecule has 4 rings (SSSR count). The summed E-state index contributed by atoms with van der Waals surface area (Å²) in [5.41, 5.74) is 3.42. The maximum Gasteiger partial charge on any atom is 0.324 e. The molecule has 1 fully saturated rings. The van der Waals surface area contributed by atoms with Crippen LogP contribution in [0.4, 0.5) is 10.5 Å². The third-order valence-electron chi connectivity index (χ3n) is 5.43. The van der Waals surface area contributed by atoms with Gasteiger partial charge in [-0.3, -0.25) is 15.0 Å². The number of anilines is 1. The number of nitrogens with one attached hydrogen (secondary N) is 1. The molecular weight excluding hydrogens is 382 g/mol. The third kappa shape index (κ3) is 4.18. The van der Waals surface area contributed by atoms with Crippen LogP contribution in [0, 0.1) is 0 Å². The Hall–Kier alpha value is -2.87. The number of fused-ring (bicyclic) bond motifs is 1. The number of amides is 2. The van der Waals surface area contributed by atoms with Gasteiger partial charge in [0.2, 0.25) is 0 Å². The zero-order valence-corrected chi connectivity index (χ0v) is 18.0. The Morgan fingerprint density at radius 2 is 1.87 bits per heavy atom. The molecular formula is C22H29N5O3. The number of esters is 1. The van der Waals surface area contributed by atoms with E-state index in [9.17, 15) is 9.59 Å². The average molecular weight is 412 g/mol. The van der Waals surface area contributed by atoms with Crippen LogP contribution in [-0.2, 0) is 22.5 Å². The molecule has 0 radical (unpaired) electrons. The first-order valence-corrected chi connectivity index (χ1v) is 10.4. The zero-order valence-electron chi connectivity index (χ0n) is 18.0. The van der Waals surface area contributed by atoms with Crippen molar-refractivity contribution in [3.63, 3.8) is 0 Å². The number of ether oxygens (including phenoxy) is 1. The van der Waals surface area contributed by atoms with E-state index in [1.165, 1.54) is 0 Å². The first-order chi connectivity index (χ1) is 14.2. The second-order valence-electron chi connectivity index (χ2n) is 8.92. The highest BCUT2D eigenvalue weighted by molar-refractivity contribution is 5.94. The van der Waals surface area contributed by atoms with Gasteiger partial charge in [-0.25, -0.2) is 9.48 Å². The number of aromatic nitrogens is 2. The van der Waals surface area contributed by atoms with Crippen LogP contribution in [-0.4, -0.2) is 58.5 Å². The summed E-state index contributed by atoms with van der Waals surface area (Å²) in [6.45, 7) is 7.61. The Morgan fingerprint density at radius 1 is 1.17 bits per heavy atom. The molecule has 2 aliphatic rings. The van der Waals surface area contributed by atoms with Gasteiger partial charge in [-0.2, -0.15) is 5.10 Å². The van der Waals surface area contributed by atoms with Crippen molar-refractivity contribution in [2.45, 2.75) is 51.8 Å². The highest BCUT2D eigenvalue weighted by atomic mass is 16.6. The van der Waals surface area contributed by atoms with E-state index in [2.05, 4.69) is 5.32 Å². The topological polar surface area (TPSA) is 79.7 Å². The van der Waals surface area contributed by atoms with Crippen LogP contribution in [0.25, 0.3) is 5.69 Å². The molecule has 0 aliphatic carbocycles. The van der Waals surface area contributed by atoms with Crippen LogP contribution in [0.1, 0.15) is 38.4 Å². The van der Waals surface area contributed by atoms with Gasteiger partial charge in [-0.1, -0.05) is 0 Å². The van der Waals surface area contributed by atoms with E-state index in [0.29, 0.717) is 19.5 Å². The molecule has 0 spiro atoms. The molecule has 3 heterocycles. The van der Waals surface area contributed by atoms with Crippen molar-refractivity contribution < 1.29 is 14.3 Å². The van der Waals surface area contributed by atoms with E-state index in [4.69, 9.17) is 9.84 Å². The molecule has 2 aliphatic heterocycles. The smallest absolute Gasteiger partial charge is 0.324 e. The van der Waals surface area contributed by atoms with Gasteiger partial charge in [-0.05, 0) is 63.4 Å². The van der Waals surface area contributed by atoms with Gasteiger partial charge < -0.3 is 9.64 Å². The number of rotatable bonds is 3. The van der Waals surface area contributed by atoms with Gasteiger partial charge in [0.1, 0.15) is 11.6 Å². The lowest BCUT2D eigenvalue weighted by atomic mass is 10.1. The molecule has 160 valence electrons. The SMILES string of the molecule is CN1CCN(c2ccc(-n3cc4c(n3)CNC(C(=O)OC(C)(C)C)CC4)cc2)C1=O. The summed E-state index contributed by atoms with van der Waals surface area (Å²) in [4.78, 5) is 28.0. The van der Waals surface area contributed by atoms with Gasteiger partial charge in [0.05, 0.1) is 11.4 Å². The quantitative estimate of drug-likeness (QED) is 0.785. The van der Waals surface area contributed by atoms with Crippen molar-refractivity contribution in [3.8, 4) is 5.69 Å². The molecule has 1 unspecified atom stereocenters. The fourth-order valence-electron chi connectivity index (χ4n) is 3.80. The van der Waals surface area contributed by atoms with E-state index >= 15 is 0 Å². The van der Waals surface area contributed by atoms with Crippen LogP contribution in [0.5, 0.6) is 0 Å². The summed E-state index contributed by atoms with van der Waals surface area (Å²) in [7, 11) is 1.81. The molecule has 1 saturated heterocycles. The number of urea groups is 1. The first-order valence-electron chi connectivity index (χ1n) is 10.4. The van der Waals surface area contributed by atoms with Crippen molar-refractivity contribution in [2.24, 2.45) is 0 Å². The number of aryl methyl sites for hydroxylation is 1. The lowest BCUT2D eigenvalue weighted by Crippen LogP contribution is -2.40. The Bertz CT molecular complexity index is 919. The lowest BCUT2D eigenvalue weighted by Gasteiger charge is -2.23. The van der Waals surface area contributed by atoms with Gasteiger partial charge in [0.15, 0.2) is 0 Å². The summed E-state index contributed by atoms with van der Waals surface area (Å²) in [6.07, 6.45) is 3.47. The Balaban J connectivity index is 1.44. The summed E-state index contributed by atoms with van der Waals surface area (Å²) in [5, 5.41) is 8.00. The van der Waals surface area contributed by atoms with E-state index < -0.39 is 5.60 Å². The first kappa shape index (κ1) is 20.4. The number of nitrogens with zero attached hydrogens (tertiary/aromatic N) is 4. The van der Waals surface area contributed by atoms with Crippen LogP contribution in [0.2, 0.25) is 0 Å². The molecule has 0 bridgehead atoms. The van der Waals surface area contributed by atoms with Crippen LogP contribution in [0.15, 0.2) is 30.5 Å². The molecule has 8 nitrogen and oxygen atoms in total. The van der Waals surface area contributed by atoms with Gasteiger partial charge in [-0.15, -0.1) is 0 Å². The molecule has 1 aromatic carbocycles. The Morgan fingerprint density at radius 3 is 2.50 bits per heavy atom. The minimum absolute atomic E-state index is 0.0270. The molecule has 1 N–H and O–H groups in total. The Kier molecular flexibility index (Phi) is 5.27. The average Bonchev–Trinajstić information content (AvgIpc) is 3.18. The summed E-state index contributed by atoms with van der Waals surface area (Å²) in [5.74, 6) is -0.210. The Labute approximate surface area is 176 Å². The van der Waals surface area contributed by atoms with Crippen molar-refractivity contribution in [1.29, 1.82) is 0 Å².